The highest BCUT2D eigenvalue weighted by molar-refractivity contribution is 7.90. The standard InChI is InChI=1S/C23H22F4N4O5S/c1-3-18-19(20(28)32)31(22(29-18)36-4-2)12-14-10-9-13(11-17(14)24)15-7-5-6-8-16(15)21(33)30-37(34,35)23(25,26)27/h5-11H,3-4,12H2,1-2H3,(H2,28,32)(H,30,33). The number of nitrogens with one attached hydrogen (secondary N) is 1. The summed E-state index contributed by atoms with van der Waals surface area (Å²) in [6.45, 7) is 3.51. The number of sulfonamides is 1. The molecule has 37 heavy (non-hydrogen) atoms. The SMILES string of the molecule is CCOc1nc(CC)c(C(N)=O)n1Cc1ccc(-c2ccccc2C(=O)NS(=O)(=O)C(F)(F)F)cc1F. The van der Waals surface area contributed by atoms with Crippen molar-refractivity contribution in [2.45, 2.75) is 32.3 Å². The molecule has 0 fully saturated rings. The second kappa shape index (κ2) is 10.6. The van der Waals surface area contributed by atoms with Gasteiger partial charge in [-0.05, 0) is 36.6 Å². The van der Waals surface area contributed by atoms with Crippen LogP contribution in [0.15, 0.2) is 42.5 Å². The number of hydrogen-bond acceptors (Lipinski definition) is 6. The maximum Gasteiger partial charge on any atom is 0.516 e. The Kier molecular flexibility index (Phi) is 7.91. The smallest absolute Gasteiger partial charge is 0.465 e. The monoisotopic (exact) mass is 542 g/mol. The number of carbonyl (C=O) groups excluding carboxylic acids is 2. The number of ether oxygens (including phenoxy) is 1. The molecule has 0 spiro atoms. The molecule has 1 aromatic heterocycles. The van der Waals surface area contributed by atoms with E-state index in [9.17, 15) is 31.2 Å². The van der Waals surface area contributed by atoms with Gasteiger partial charge in [-0.25, -0.2) is 9.11 Å². The number of nitrogens with zero attached hydrogens (tertiary/aromatic N) is 2. The molecule has 0 radical (unpaired) electrons. The van der Waals surface area contributed by atoms with E-state index in [1.165, 1.54) is 34.9 Å². The van der Waals surface area contributed by atoms with E-state index in [0.29, 0.717) is 12.1 Å². The molecule has 198 valence electrons. The number of aryl methyl sites for hydroxylation is 1. The molecule has 3 N–H and O–H groups in total. The van der Waals surface area contributed by atoms with E-state index in [-0.39, 0.29) is 41.5 Å². The molecule has 0 atom stereocenters. The fourth-order valence-electron chi connectivity index (χ4n) is 3.57. The van der Waals surface area contributed by atoms with Gasteiger partial charge in [0.2, 0.25) is 0 Å². The first-order valence-corrected chi connectivity index (χ1v) is 12.3. The van der Waals surface area contributed by atoms with Gasteiger partial charge in [0.05, 0.1) is 18.8 Å². The van der Waals surface area contributed by atoms with Crippen LogP contribution < -0.4 is 15.2 Å². The molecule has 0 bridgehead atoms. The van der Waals surface area contributed by atoms with Crippen molar-refractivity contribution in [3.8, 4) is 17.1 Å². The highest BCUT2D eigenvalue weighted by atomic mass is 32.2. The van der Waals surface area contributed by atoms with E-state index in [0.717, 1.165) is 16.9 Å². The summed E-state index contributed by atoms with van der Waals surface area (Å²) < 4.78 is 83.8. The van der Waals surface area contributed by atoms with Gasteiger partial charge < -0.3 is 10.5 Å². The lowest BCUT2D eigenvalue weighted by atomic mass is 9.98. The summed E-state index contributed by atoms with van der Waals surface area (Å²) in [5.74, 6) is -3.09. The Labute approximate surface area is 209 Å². The zero-order valence-corrected chi connectivity index (χ0v) is 20.4. The Morgan fingerprint density at radius 1 is 1.14 bits per heavy atom. The minimum Gasteiger partial charge on any atom is -0.465 e. The van der Waals surface area contributed by atoms with Crippen molar-refractivity contribution in [2.24, 2.45) is 5.73 Å². The van der Waals surface area contributed by atoms with Crippen LogP contribution in [0.1, 0.15) is 46.0 Å². The van der Waals surface area contributed by atoms with Crippen LogP contribution in [-0.4, -0.2) is 41.9 Å². The second-order valence-electron chi connectivity index (χ2n) is 7.66. The summed E-state index contributed by atoms with van der Waals surface area (Å²) in [6.07, 6.45) is 0.371. The summed E-state index contributed by atoms with van der Waals surface area (Å²) in [5, 5.41) is 0. The third kappa shape index (κ3) is 5.74. The lowest BCUT2D eigenvalue weighted by molar-refractivity contribution is -0.0446. The number of carbonyl (C=O) groups is 2. The molecule has 9 nitrogen and oxygen atoms in total. The van der Waals surface area contributed by atoms with Gasteiger partial charge in [0.25, 0.3) is 17.8 Å². The van der Waals surface area contributed by atoms with Gasteiger partial charge in [-0.2, -0.15) is 26.6 Å². The number of benzene rings is 2. The molecule has 0 aliphatic rings. The Balaban J connectivity index is 1.99. The number of alkyl halides is 3. The first-order valence-electron chi connectivity index (χ1n) is 10.8. The molecule has 1 heterocycles. The van der Waals surface area contributed by atoms with E-state index in [1.807, 2.05) is 0 Å². The summed E-state index contributed by atoms with van der Waals surface area (Å²) >= 11 is 0. The van der Waals surface area contributed by atoms with Gasteiger partial charge in [0, 0.05) is 11.1 Å². The van der Waals surface area contributed by atoms with Gasteiger partial charge in [-0.1, -0.05) is 37.3 Å². The third-order valence-corrected chi connectivity index (χ3v) is 6.31. The van der Waals surface area contributed by atoms with E-state index in [4.69, 9.17) is 10.5 Å². The van der Waals surface area contributed by atoms with E-state index in [2.05, 4.69) is 4.98 Å². The zero-order chi connectivity index (χ0) is 27.5. The summed E-state index contributed by atoms with van der Waals surface area (Å²) in [7, 11) is -5.95. The van der Waals surface area contributed by atoms with Gasteiger partial charge >= 0.3 is 15.5 Å². The number of aromatic nitrogens is 2. The third-order valence-electron chi connectivity index (χ3n) is 5.24. The molecule has 3 rings (SSSR count). The van der Waals surface area contributed by atoms with Crippen LogP contribution in [0.5, 0.6) is 6.01 Å². The van der Waals surface area contributed by atoms with Crippen molar-refractivity contribution in [3.63, 3.8) is 0 Å². The first kappa shape index (κ1) is 27.6. The molecule has 3 aromatic rings. The van der Waals surface area contributed by atoms with Gasteiger partial charge in [-0.3, -0.25) is 14.2 Å². The Hall–Kier alpha value is -3.94. The molecule has 14 heteroatoms. The van der Waals surface area contributed by atoms with Crippen LogP contribution >= 0.6 is 0 Å². The molecule has 0 aliphatic heterocycles. The minimum atomic E-state index is -5.95. The van der Waals surface area contributed by atoms with Crippen LogP contribution in [0.25, 0.3) is 11.1 Å². The molecule has 0 saturated heterocycles. The quantitative estimate of drug-likeness (QED) is 0.399. The van der Waals surface area contributed by atoms with E-state index in [1.54, 1.807) is 13.8 Å². The zero-order valence-electron chi connectivity index (χ0n) is 19.6. The molecule has 2 amide bonds. The lowest BCUT2D eigenvalue weighted by Gasteiger charge is -2.14. The summed E-state index contributed by atoms with van der Waals surface area (Å²) in [5.41, 5.74) is 0.00831. The highest BCUT2D eigenvalue weighted by Gasteiger charge is 2.47. The van der Waals surface area contributed by atoms with Gasteiger partial charge in [0.1, 0.15) is 11.5 Å². The molecular formula is C23H22F4N4O5S. The number of imidazole rings is 1. The van der Waals surface area contributed by atoms with Crippen LogP contribution in [0.2, 0.25) is 0 Å². The highest BCUT2D eigenvalue weighted by Crippen LogP contribution is 2.29. The predicted octanol–water partition coefficient (Wildman–Crippen LogP) is 3.38. The van der Waals surface area contributed by atoms with Crippen molar-refractivity contribution >= 4 is 21.8 Å². The predicted molar refractivity (Wildman–Crippen MR) is 125 cm³/mol. The van der Waals surface area contributed by atoms with Crippen molar-refractivity contribution in [3.05, 3.63) is 70.8 Å². The Morgan fingerprint density at radius 3 is 2.38 bits per heavy atom. The molecule has 0 unspecified atom stereocenters. The van der Waals surface area contributed by atoms with Crippen molar-refractivity contribution < 1.29 is 40.3 Å². The molecular weight excluding hydrogens is 520 g/mol. The number of amides is 2. The number of rotatable bonds is 9. The van der Waals surface area contributed by atoms with E-state index >= 15 is 4.39 Å². The average molecular weight is 543 g/mol. The Bertz CT molecular complexity index is 1450. The average Bonchev–Trinajstić information content (AvgIpc) is 3.17. The molecule has 0 saturated carbocycles. The molecule has 2 aromatic carbocycles. The number of primary amides is 1. The summed E-state index contributed by atoms with van der Waals surface area (Å²) in [6, 6.07) is 9.03. The largest absolute Gasteiger partial charge is 0.516 e. The topological polar surface area (TPSA) is 133 Å². The van der Waals surface area contributed by atoms with Crippen molar-refractivity contribution in [1.82, 2.24) is 14.3 Å². The number of nitrogens with two attached hydrogens (primary N) is 1. The second-order valence-corrected chi connectivity index (χ2v) is 9.33. The molecule has 0 aliphatic carbocycles. The Morgan fingerprint density at radius 2 is 1.81 bits per heavy atom. The first-order chi connectivity index (χ1) is 17.3. The van der Waals surface area contributed by atoms with Crippen LogP contribution in [0.4, 0.5) is 17.6 Å². The normalized spacial score (nSPS) is 11.8. The number of halogens is 4. The fraction of sp³-hybridized carbons (Fsp3) is 0.261. The lowest BCUT2D eigenvalue weighted by Crippen LogP contribution is -2.40. The van der Waals surface area contributed by atoms with Gasteiger partial charge in [-0.15, -0.1) is 0 Å². The van der Waals surface area contributed by atoms with Crippen LogP contribution in [0, 0.1) is 5.82 Å². The fourth-order valence-corrected chi connectivity index (χ4v) is 4.04. The maximum atomic E-state index is 15.2. The van der Waals surface area contributed by atoms with Crippen LogP contribution in [0.3, 0.4) is 0 Å². The number of hydrogen-bond donors (Lipinski definition) is 2. The van der Waals surface area contributed by atoms with Crippen molar-refractivity contribution in [1.29, 1.82) is 0 Å². The summed E-state index contributed by atoms with van der Waals surface area (Å²) in [4.78, 5) is 28.7. The maximum absolute atomic E-state index is 15.2. The van der Waals surface area contributed by atoms with Gasteiger partial charge in [0.15, 0.2) is 0 Å². The minimum absolute atomic E-state index is 0.00782. The van der Waals surface area contributed by atoms with Crippen LogP contribution in [-0.2, 0) is 23.0 Å². The van der Waals surface area contributed by atoms with E-state index < -0.39 is 38.7 Å². The van der Waals surface area contributed by atoms with Crippen molar-refractivity contribution in [2.75, 3.05) is 6.61 Å².